The van der Waals surface area contributed by atoms with E-state index < -0.39 is 12.5 Å². The largest absolute Gasteiger partial charge is 0.548 e. The van der Waals surface area contributed by atoms with E-state index in [1.807, 2.05) is 0 Å². The smallest absolute Gasteiger partial charge is 0.169 e. The molecule has 0 aliphatic heterocycles. The summed E-state index contributed by atoms with van der Waals surface area (Å²) in [4.78, 5) is 20.2. The van der Waals surface area contributed by atoms with Crippen LogP contribution in [0.1, 0.15) is 10.5 Å². The Morgan fingerprint density at radius 3 is 3.09 bits per heavy atom. The van der Waals surface area contributed by atoms with E-state index in [2.05, 4.69) is 10.3 Å². The highest BCUT2D eigenvalue weighted by atomic mass is 16.4. The number of hydrogen-bond donors (Lipinski definition) is 0. The lowest BCUT2D eigenvalue weighted by Crippen LogP contribution is -2.28. The molecule has 1 aromatic heterocycles. The van der Waals surface area contributed by atoms with Crippen LogP contribution in [0.4, 0.5) is 0 Å². The van der Waals surface area contributed by atoms with E-state index in [-0.39, 0.29) is 5.69 Å². The van der Waals surface area contributed by atoms with Gasteiger partial charge in [-0.15, -0.1) is 5.10 Å². The minimum absolute atomic E-state index is 0.120. The second-order valence-corrected chi connectivity index (χ2v) is 1.81. The van der Waals surface area contributed by atoms with Gasteiger partial charge in [0, 0.05) is 0 Å². The molecular formula is C5H4N3O3-. The van der Waals surface area contributed by atoms with Crippen LogP contribution in [0.5, 0.6) is 0 Å². The van der Waals surface area contributed by atoms with Gasteiger partial charge in [0.1, 0.15) is 5.69 Å². The molecule has 58 valence electrons. The fraction of sp³-hybridized carbons (Fsp3) is 0.200. The van der Waals surface area contributed by atoms with E-state index in [9.17, 15) is 14.7 Å². The molecule has 0 aromatic carbocycles. The molecule has 6 nitrogen and oxygen atoms in total. The summed E-state index contributed by atoms with van der Waals surface area (Å²) in [6, 6.07) is 0. The molecule has 0 radical (unpaired) electrons. The molecule has 0 saturated carbocycles. The van der Waals surface area contributed by atoms with Gasteiger partial charge in [-0.05, 0) is 0 Å². The van der Waals surface area contributed by atoms with Crippen LogP contribution in [0.25, 0.3) is 0 Å². The molecule has 0 atom stereocenters. The number of hydrogen-bond acceptors (Lipinski definition) is 5. The fourth-order valence-corrected chi connectivity index (χ4v) is 0.602. The van der Waals surface area contributed by atoms with Crippen molar-refractivity contribution in [3.8, 4) is 0 Å². The van der Waals surface area contributed by atoms with Crippen LogP contribution in [-0.2, 0) is 11.3 Å². The minimum atomic E-state index is -1.31. The Kier molecular flexibility index (Phi) is 1.95. The van der Waals surface area contributed by atoms with E-state index in [0.29, 0.717) is 6.29 Å². The maximum absolute atomic E-state index is 10.2. The minimum Gasteiger partial charge on any atom is -0.548 e. The summed E-state index contributed by atoms with van der Waals surface area (Å²) in [5, 5.41) is 16.7. The van der Waals surface area contributed by atoms with Crippen LogP contribution in [0.3, 0.4) is 0 Å². The van der Waals surface area contributed by atoms with Gasteiger partial charge in [-0.2, -0.15) is 0 Å². The van der Waals surface area contributed by atoms with Crippen LogP contribution in [0.15, 0.2) is 6.20 Å². The van der Waals surface area contributed by atoms with Gasteiger partial charge in [0.05, 0.1) is 18.7 Å². The van der Waals surface area contributed by atoms with Gasteiger partial charge in [0.2, 0.25) is 0 Å². The Hall–Kier alpha value is -1.72. The number of carbonyl (C=O) groups excluding carboxylic acids is 2. The number of carboxylic acid groups (broad SMARTS) is 1. The predicted octanol–water partition coefficient (Wildman–Crippen LogP) is -2.16. The van der Waals surface area contributed by atoms with E-state index in [1.165, 1.54) is 6.20 Å². The fourth-order valence-electron chi connectivity index (χ4n) is 0.602. The summed E-state index contributed by atoms with van der Waals surface area (Å²) in [6.07, 6.45) is 1.65. The molecule has 0 bridgehead atoms. The van der Waals surface area contributed by atoms with E-state index in [4.69, 9.17) is 0 Å². The van der Waals surface area contributed by atoms with Crippen molar-refractivity contribution in [1.29, 1.82) is 0 Å². The van der Waals surface area contributed by atoms with Gasteiger partial charge in [-0.1, -0.05) is 5.21 Å². The summed E-state index contributed by atoms with van der Waals surface area (Å²) in [5.74, 6) is -1.31. The third kappa shape index (κ3) is 1.60. The number of nitrogens with zero attached hydrogens (tertiary/aromatic N) is 3. The number of aldehydes is 1. The summed E-state index contributed by atoms with van der Waals surface area (Å²) in [7, 11) is 0. The second-order valence-electron chi connectivity index (χ2n) is 1.81. The van der Waals surface area contributed by atoms with Crippen LogP contribution in [0, 0.1) is 0 Å². The zero-order chi connectivity index (χ0) is 8.27. The van der Waals surface area contributed by atoms with Crippen LogP contribution >= 0.6 is 0 Å². The Balaban J connectivity index is 2.84. The van der Waals surface area contributed by atoms with Crippen LogP contribution < -0.4 is 5.11 Å². The molecule has 11 heavy (non-hydrogen) atoms. The van der Waals surface area contributed by atoms with Crippen LogP contribution in [0.2, 0.25) is 0 Å². The highest BCUT2D eigenvalue weighted by Crippen LogP contribution is 1.89. The van der Waals surface area contributed by atoms with Gasteiger partial charge in [0.25, 0.3) is 0 Å². The van der Waals surface area contributed by atoms with Gasteiger partial charge in [0.15, 0.2) is 6.29 Å². The molecule has 0 fully saturated rings. The number of aliphatic carboxylic acids is 1. The maximum Gasteiger partial charge on any atom is 0.169 e. The van der Waals surface area contributed by atoms with E-state index >= 15 is 0 Å². The zero-order valence-corrected chi connectivity index (χ0v) is 5.43. The Labute approximate surface area is 61.4 Å². The van der Waals surface area contributed by atoms with Crippen molar-refractivity contribution >= 4 is 12.3 Å². The third-order valence-corrected chi connectivity index (χ3v) is 1.05. The average molecular weight is 154 g/mol. The first kappa shape index (κ1) is 7.39. The van der Waals surface area contributed by atoms with Gasteiger partial charge in [-0.3, -0.25) is 4.79 Å². The summed E-state index contributed by atoms with van der Waals surface area (Å²) < 4.78 is 0.947. The van der Waals surface area contributed by atoms with Gasteiger partial charge < -0.3 is 9.90 Å². The molecule has 1 rings (SSSR count). The Morgan fingerprint density at radius 1 is 1.82 bits per heavy atom. The Morgan fingerprint density at radius 2 is 2.55 bits per heavy atom. The standard InChI is InChI=1S/C5H5N3O3/c9-3-4-1-6-7-8(4)2-5(10)11/h1,3H,2H2,(H,10,11)/p-1. The van der Waals surface area contributed by atoms with Gasteiger partial charge >= 0.3 is 0 Å². The number of aromatic nitrogens is 3. The van der Waals surface area contributed by atoms with Crippen molar-refractivity contribution in [2.75, 3.05) is 0 Å². The van der Waals surface area contributed by atoms with Gasteiger partial charge in [-0.25, -0.2) is 4.68 Å². The monoisotopic (exact) mass is 154 g/mol. The number of carbonyl (C=O) groups is 2. The summed E-state index contributed by atoms with van der Waals surface area (Å²) in [5.41, 5.74) is 0.120. The molecule has 6 heteroatoms. The predicted molar refractivity (Wildman–Crippen MR) is 30.4 cm³/mol. The van der Waals surface area contributed by atoms with Crippen molar-refractivity contribution in [1.82, 2.24) is 15.0 Å². The molecule has 0 saturated heterocycles. The summed E-state index contributed by atoms with van der Waals surface area (Å²) in [6.45, 7) is -0.450. The lowest BCUT2D eigenvalue weighted by molar-refractivity contribution is -0.306. The third-order valence-electron chi connectivity index (χ3n) is 1.05. The number of carboxylic acids is 1. The van der Waals surface area contributed by atoms with E-state index in [0.717, 1.165) is 4.68 Å². The Bertz CT molecular complexity index is 280. The van der Waals surface area contributed by atoms with Crippen molar-refractivity contribution in [3.63, 3.8) is 0 Å². The highest BCUT2D eigenvalue weighted by molar-refractivity contribution is 5.72. The molecule has 0 aliphatic rings. The lowest BCUT2D eigenvalue weighted by atomic mass is 10.5. The maximum atomic E-state index is 10.2. The van der Waals surface area contributed by atoms with E-state index in [1.54, 1.807) is 0 Å². The van der Waals surface area contributed by atoms with Crippen molar-refractivity contribution in [2.24, 2.45) is 0 Å². The van der Waals surface area contributed by atoms with Crippen molar-refractivity contribution < 1.29 is 14.7 Å². The van der Waals surface area contributed by atoms with Crippen molar-refractivity contribution in [3.05, 3.63) is 11.9 Å². The number of rotatable bonds is 3. The first-order valence-electron chi connectivity index (χ1n) is 2.77. The molecule has 0 unspecified atom stereocenters. The molecule has 0 spiro atoms. The molecule has 1 heterocycles. The van der Waals surface area contributed by atoms with Crippen LogP contribution in [-0.4, -0.2) is 27.2 Å². The topological polar surface area (TPSA) is 87.9 Å². The normalized spacial score (nSPS) is 9.45. The molecule has 0 amide bonds. The quantitative estimate of drug-likeness (QED) is 0.463. The molecular weight excluding hydrogens is 150 g/mol. The molecule has 0 N–H and O–H groups in total. The first-order chi connectivity index (χ1) is 5.24. The second kappa shape index (κ2) is 2.91. The molecule has 0 aliphatic carbocycles. The molecule has 1 aromatic rings. The van der Waals surface area contributed by atoms with Crippen molar-refractivity contribution in [2.45, 2.75) is 6.54 Å². The SMILES string of the molecule is O=Cc1cnnn1CC(=O)[O-]. The average Bonchev–Trinajstić information content (AvgIpc) is 2.34. The lowest BCUT2D eigenvalue weighted by Gasteiger charge is -2.00. The zero-order valence-electron chi connectivity index (χ0n) is 5.43. The highest BCUT2D eigenvalue weighted by Gasteiger charge is 2.00. The first-order valence-corrected chi connectivity index (χ1v) is 2.77. The summed E-state index contributed by atoms with van der Waals surface area (Å²) >= 11 is 0.